The van der Waals surface area contributed by atoms with Crippen molar-refractivity contribution in [1.29, 1.82) is 0 Å². The molecule has 0 unspecified atom stereocenters. The van der Waals surface area contributed by atoms with Gasteiger partial charge in [-0.15, -0.1) is 11.3 Å². The number of nitrogens with one attached hydrogen (secondary N) is 2. The highest BCUT2D eigenvalue weighted by Gasteiger charge is 2.18. The van der Waals surface area contributed by atoms with Gasteiger partial charge in [0, 0.05) is 11.1 Å². The first-order chi connectivity index (χ1) is 11.1. The molecule has 0 saturated carbocycles. The number of rotatable bonds is 3. The molecule has 0 bridgehead atoms. The normalized spacial score (nSPS) is 10.3. The average Bonchev–Trinajstić information content (AvgIpc) is 3.22. The lowest BCUT2D eigenvalue weighted by Gasteiger charge is -2.05. The van der Waals surface area contributed by atoms with Crippen LogP contribution in [0, 0.1) is 6.92 Å². The van der Waals surface area contributed by atoms with Gasteiger partial charge >= 0.3 is 0 Å². The van der Waals surface area contributed by atoms with Crippen LogP contribution in [0.25, 0.3) is 10.8 Å². The molecule has 3 aromatic heterocycles. The molecule has 116 valence electrons. The third-order valence-electron chi connectivity index (χ3n) is 2.93. The van der Waals surface area contributed by atoms with Crippen LogP contribution >= 0.6 is 11.3 Å². The molecule has 23 heavy (non-hydrogen) atoms. The Morgan fingerprint density at radius 3 is 2.65 bits per heavy atom. The highest BCUT2D eigenvalue weighted by Crippen LogP contribution is 2.27. The van der Waals surface area contributed by atoms with Gasteiger partial charge in [-0.25, -0.2) is 4.98 Å². The summed E-state index contributed by atoms with van der Waals surface area (Å²) in [5.41, 5.74) is 5.09. The van der Waals surface area contributed by atoms with Crippen molar-refractivity contribution in [2.75, 3.05) is 0 Å². The summed E-state index contributed by atoms with van der Waals surface area (Å²) in [5, 5.41) is 0.605. The van der Waals surface area contributed by atoms with Crippen LogP contribution in [0.5, 0.6) is 0 Å². The minimum atomic E-state index is -0.502. The molecular formula is C15H12N4O3S. The number of nitrogens with zero attached hydrogens (tertiary/aromatic N) is 2. The van der Waals surface area contributed by atoms with E-state index in [1.807, 2.05) is 0 Å². The van der Waals surface area contributed by atoms with Crippen molar-refractivity contribution in [2.45, 2.75) is 6.92 Å². The number of aryl methyl sites for hydroxylation is 1. The Bertz CT molecular complexity index is 828. The minimum absolute atomic E-state index is 0.207. The molecule has 2 amide bonds. The quantitative estimate of drug-likeness (QED) is 0.718. The SMILES string of the molecule is Cc1sc(-c2ccco2)nc1C(=O)NNC(=O)c1ccccn1. The molecule has 0 saturated heterocycles. The molecule has 0 aliphatic carbocycles. The lowest BCUT2D eigenvalue weighted by atomic mass is 10.3. The Morgan fingerprint density at radius 1 is 1.13 bits per heavy atom. The van der Waals surface area contributed by atoms with Crippen LogP contribution in [0.3, 0.4) is 0 Å². The van der Waals surface area contributed by atoms with Crippen molar-refractivity contribution < 1.29 is 14.0 Å². The largest absolute Gasteiger partial charge is 0.462 e. The number of carbonyl (C=O) groups excluding carboxylic acids is 2. The molecule has 0 aromatic carbocycles. The molecule has 7 nitrogen and oxygen atoms in total. The zero-order chi connectivity index (χ0) is 16.2. The first-order valence-electron chi connectivity index (χ1n) is 6.68. The van der Waals surface area contributed by atoms with E-state index in [1.165, 1.54) is 17.5 Å². The molecule has 3 rings (SSSR count). The molecule has 0 radical (unpaired) electrons. The number of hydrogen-bond acceptors (Lipinski definition) is 6. The van der Waals surface area contributed by atoms with Crippen molar-refractivity contribution in [3.63, 3.8) is 0 Å². The van der Waals surface area contributed by atoms with Gasteiger partial charge in [0.15, 0.2) is 10.8 Å². The molecular weight excluding hydrogens is 316 g/mol. The number of amides is 2. The van der Waals surface area contributed by atoms with E-state index in [0.717, 1.165) is 4.88 Å². The second-order valence-electron chi connectivity index (χ2n) is 4.52. The fourth-order valence-corrected chi connectivity index (χ4v) is 2.73. The Kier molecular flexibility index (Phi) is 4.15. The highest BCUT2D eigenvalue weighted by molar-refractivity contribution is 7.15. The Morgan fingerprint density at radius 2 is 1.96 bits per heavy atom. The third-order valence-corrected chi connectivity index (χ3v) is 3.92. The number of thiazole rings is 1. The second kappa shape index (κ2) is 6.41. The molecule has 2 N–H and O–H groups in total. The molecule has 0 fully saturated rings. The van der Waals surface area contributed by atoms with Crippen molar-refractivity contribution >= 4 is 23.2 Å². The average molecular weight is 328 g/mol. The Hall–Kier alpha value is -3.00. The van der Waals surface area contributed by atoms with Crippen LogP contribution in [0.2, 0.25) is 0 Å². The second-order valence-corrected chi connectivity index (χ2v) is 5.73. The van der Waals surface area contributed by atoms with Gasteiger partial charge in [-0.2, -0.15) is 0 Å². The van der Waals surface area contributed by atoms with Crippen LogP contribution in [-0.2, 0) is 0 Å². The first kappa shape index (κ1) is 14.9. The van der Waals surface area contributed by atoms with Crippen molar-refractivity contribution in [3.8, 4) is 10.8 Å². The summed E-state index contributed by atoms with van der Waals surface area (Å²) in [6.07, 6.45) is 3.04. The molecule has 8 heteroatoms. The van der Waals surface area contributed by atoms with Crippen LogP contribution in [0.1, 0.15) is 25.9 Å². The standard InChI is InChI=1S/C15H12N4O3S/c1-9-12(17-15(23-9)11-6-4-8-22-11)14(21)19-18-13(20)10-5-2-3-7-16-10/h2-8H,1H3,(H,18,20)(H,19,21). The fourth-order valence-electron chi connectivity index (χ4n) is 1.85. The number of hydrogen-bond donors (Lipinski definition) is 2. The van der Waals surface area contributed by atoms with Gasteiger partial charge in [0.25, 0.3) is 11.8 Å². The van der Waals surface area contributed by atoms with Gasteiger partial charge in [-0.1, -0.05) is 6.07 Å². The minimum Gasteiger partial charge on any atom is -0.462 e. The first-order valence-corrected chi connectivity index (χ1v) is 7.50. The molecule has 0 aliphatic rings. The lowest BCUT2D eigenvalue weighted by molar-refractivity contribution is 0.0841. The predicted octanol–water partition coefficient (Wildman–Crippen LogP) is 2.18. The number of pyridine rings is 1. The number of carbonyl (C=O) groups is 2. The van der Waals surface area contributed by atoms with Crippen molar-refractivity contribution in [2.24, 2.45) is 0 Å². The summed E-state index contributed by atoms with van der Waals surface area (Å²) >= 11 is 1.34. The highest BCUT2D eigenvalue weighted by atomic mass is 32.1. The number of aromatic nitrogens is 2. The van der Waals surface area contributed by atoms with E-state index in [0.29, 0.717) is 10.8 Å². The van der Waals surface area contributed by atoms with Gasteiger partial charge in [0.1, 0.15) is 11.4 Å². The zero-order valence-electron chi connectivity index (χ0n) is 12.1. The predicted molar refractivity (Wildman–Crippen MR) is 83.7 cm³/mol. The number of furan rings is 1. The van der Waals surface area contributed by atoms with Gasteiger partial charge in [0.2, 0.25) is 0 Å². The van der Waals surface area contributed by atoms with Gasteiger partial charge in [-0.05, 0) is 31.2 Å². The van der Waals surface area contributed by atoms with Gasteiger partial charge < -0.3 is 4.42 Å². The van der Waals surface area contributed by atoms with E-state index >= 15 is 0 Å². The summed E-state index contributed by atoms with van der Waals surface area (Å²) in [6.45, 7) is 1.78. The van der Waals surface area contributed by atoms with E-state index < -0.39 is 11.8 Å². The molecule has 3 aromatic rings. The van der Waals surface area contributed by atoms with E-state index in [-0.39, 0.29) is 11.4 Å². The maximum Gasteiger partial charge on any atom is 0.289 e. The zero-order valence-corrected chi connectivity index (χ0v) is 12.9. The van der Waals surface area contributed by atoms with Crippen LogP contribution in [0.15, 0.2) is 47.2 Å². The van der Waals surface area contributed by atoms with Gasteiger partial charge in [-0.3, -0.25) is 25.4 Å². The summed E-state index contributed by atoms with van der Waals surface area (Å²) in [6, 6.07) is 8.44. The summed E-state index contributed by atoms with van der Waals surface area (Å²) in [5.74, 6) is -0.409. The Labute approximate surface area is 135 Å². The monoisotopic (exact) mass is 328 g/mol. The van der Waals surface area contributed by atoms with Crippen molar-refractivity contribution in [1.82, 2.24) is 20.8 Å². The van der Waals surface area contributed by atoms with Crippen LogP contribution in [0.4, 0.5) is 0 Å². The fraction of sp³-hybridized carbons (Fsp3) is 0.0667. The van der Waals surface area contributed by atoms with Crippen LogP contribution < -0.4 is 10.9 Å². The smallest absolute Gasteiger partial charge is 0.289 e. The van der Waals surface area contributed by atoms with Crippen LogP contribution in [-0.4, -0.2) is 21.8 Å². The van der Waals surface area contributed by atoms with Gasteiger partial charge in [0.05, 0.1) is 6.26 Å². The maximum atomic E-state index is 12.2. The van der Waals surface area contributed by atoms with E-state index in [9.17, 15) is 9.59 Å². The lowest BCUT2D eigenvalue weighted by Crippen LogP contribution is -2.42. The topological polar surface area (TPSA) is 97.1 Å². The van der Waals surface area contributed by atoms with Crippen molar-refractivity contribution in [3.05, 3.63) is 59.1 Å². The summed E-state index contributed by atoms with van der Waals surface area (Å²) in [7, 11) is 0. The Balaban J connectivity index is 1.68. The van der Waals surface area contributed by atoms with E-state index in [4.69, 9.17) is 4.42 Å². The summed E-state index contributed by atoms with van der Waals surface area (Å²) in [4.78, 5) is 32.9. The third kappa shape index (κ3) is 3.27. The maximum absolute atomic E-state index is 12.2. The molecule has 0 spiro atoms. The molecule has 0 atom stereocenters. The summed E-state index contributed by atoms with van der Waals surface area (Å²) < 4.78 is 5.26. The van der Waals surface area contributed by atoms with E-state index in [1.54, 1.807) is 43.5 Å². The molecule has 3 heterocycles. The number of hydrazine groups is 1. The molecule has 0 aliphatic heterocycles. The van der Waals surface area contributed by atoms with E-state index in [2.05, 4.69) is 20.8 Å².